The Labute approximate surface area is 147 Å². The van der Waals surface area contributed by atoms with Crippen LogP contribution in [0.25, 0.3) is 11.1 Å². The van der Waals surface area contributed by atoms with Crippen LogP contribution in [0, 0.1) is 0 Å². The highest BCUT2D eigenvalue weighted by Crippen LogP contribution is 2.28. The van der Waals surface area contributed by atoms with Gasteiger partial charge in [-0.25, -0.2) is 13.1 Å². The van der Waals surface area contributed by atoms with Crippen molar-refractivity contribution in [1.29, 1.82) is 0 Å². The van der Waals surface area contributed by atoms with Gasteiger partial charge in [-0.3, -0.25) is 4.79 Å². The molecule has 10 heteroatoms. The molecule has 1 aromatic heterocycles. The van der Waals surface area contributed by atoms with Crippen molar-refractivity contribution in [3.05, 3.63) is 53.2 Å². The SMILES string of the molecule is C/C=C/Oc1c(-c2ccc(S(C)(=O)=O)cc2)cnn(CC(F)(F)F)c1=O. The zero-order valence-corrected chi connectivity index (χ0v) is 14.6. The molecule has 2 rings (SSSR count). The van der Waals surface area contributed by atoms with Crippen LogP contribution in [0.3, 0.4) is 0 Å². The molecule has 0 atom stereocenters. The maximum absolute atomic E-state index is 12.6. The number of halogens is 3. The van der Waals surface area contributed by atoms with E-state index in [9.17, 15) is 26.4 Å². The van der Waals surface area contributed by atoms with E-state index < -0.39 is 28.1 Å². The number of hydrogen-bond donors (Lipinski definition) is 0. The maximum Gasteiger partial charge on any atom is 0.408 e. The second kappa shape index (κ2) is 7.32. The van der Waals surface area contributed by atoms with E-state index >= 15 is 0 Å². The molecule has 0 spiro atoms. The van der Waals surface area contributed by atoms with E-state index in [2.05, 4.69) is 5.10 Å². The summed E-state index contributed by atoms with van der Waals surface area (Å²) in [5, 5.41) is 3.54. The molecule has 1 aromatic carbocycles. The Morgan fingerprint density at radius 1 is 1.23 bits per heavy atom. The molecule has 0 unspecified atom stereocenters. The van der Waals surface area contributed by atoms with E-state index in [1.807, 2.05) is 0 Å². The van der Waals surface area contributed by atoms with E-state index in [4.69, 9.17) is 4.74 Å². The molecule has 0 aliphatic heterocycles. The minimum atomic E-state index is -4.62. The van der Waals surface area contributed by atoms with E-state index in [1.165, 1.54) is 30.3 Å². The van der Waals surface area contributed by atoms with Gasteiger partial charge >= 0.3 is 11.7 Å². The average molecular weight is 388 g/mol. The summed E-state index contributed by atoms with van der Waals surface area (Å²) >= 11 is 0. The van der Waals surface area contributed by atoms with E-state index in [0.29, 0.717) is 5.56 Å². The summed E-state index contributed by atoms with van der Waals surface area (Å²) in [6, 6.07) is 5.49. The highest BCUT2D eigenvalue weighted by molar-refractivity contribution is 7.90. The second-order valence-electron chi connectivity index (χ2n) is 5.35. The van der Waals surface area contributed by atoms with Crippen molar-refractivity contribution < 1.29 is 26.3 Å². The number of aromatic nitrogens is 2. The van der Waals surface area contributed by atoms with Crippen LogP contribution >= 0.6 is 0 Å². The molecule has 0 radical (unpaired) electrons. The molecular formula is C16H15F3N2O4S. The number of nitrogens with zero attached hydrogens (tertiary/aromatic N) is 2. The van der Waals surface area contributed by atoms with Gasteiger partial charge in [0.25, 0.3) is 0 Å². The zero-order chi connectivity index (χ0) is 19.5. The number of benzene rings is 1. The van der Waals surface area contributed by atoms with Crippen LogP contribution in [0.4, 0.5) is 13.2 Å². The van der Waals surface area contributed by atoms with E-state index in [0.717, 1.165) is 18.7 Å². The van der Waals surface area contributed by atoms with Crippen LogP contribution in [-0.2, 0) is 16.4 Å². The van der Waals surface area contributed by atoms with Crippen molar-refractivity contribution >= 4 is 9.84 Å². The molecular weight excluding hydrogens is 373 g/mol. The fraction of sp³-hybridized carbons (Fsp3) is 0.250. The van der Waals surface area contributed by atoms with Crippen molar-refractivity contribution in [3.63, 3.8) is 0 Å². The van der Waals surface area contributed by atoms with Crippen molar-refractivity contribution in [1.82, 2.24) is 9.78 Å². The Morgan fingerprint density at radius 3 is 2.35 bits per heavy atom. The van der Waals surface area contributed by atoms with Gasteiger partial charge in [-0.15, -0.1) is 0 Å². The number of alkyl halides is 3. The van der Waals surface area contributed by atoms with Crippen molar-refractivity contribution in [3.8, 4) is 16.9 Å². The number of rotatable bonds is 5. The third kappa shape index (κ3) is 4.72. The molecule has 0 aliphatic rings. The van der Waals surface area contributed by atoms with Gasteiger partial charge in [0.05, 0.1) is 22.9 Å². The van der Waals surface area contributed by atoms with Gasteiger partial charge in [0.2, 0.25) is 5.75 Å². The Bertz CT molecular complexity index is 978. The summed E-state index contributed by atoms with van der Waals surface area (Å²) in [4.78, 5) is 12.4. The van der Waals surface area contributed by atoms with Gasteiger partial charge in [0, 0.05) is 6.26 Å². The summed E-state index contributed by atoms with van der Waals surface area (Å²) in [5.74, 6) is -0.338. The van der Waals surface area contributed by atoms with Crippen LogP contribution < -0.4 is 10.3 Å². The number of sulfone groups is 1. The maximum atomic E-state index is 12.6. The summed E-state index contributed by atoms with van der Waals surface area (Å²) in [6.45, 7) is 0.0569. The standard InChI is InChI=1S/C16H15F3N2O4S/c1-3-8-25-14-13(9-20-21(15(14)22)10-16(17,18)19)11-4-6-12(7-5-11)26(2,23)24/h3-9H,10H2,1-2H3/b8-3+. The predicted molar refractivity (Wildman–Crippen MR) is 88.5 cm³/mol. The summed E-state index contributed by atoms with van der Waals surface area (Å²) < 4.78 is 66.2. The molecule has 6 nitrogen and oxygen atoms in total. The number of ether oxygens (including phenoxy) is 1. The molecule has 0 bridgehead atoms. The number of hydrogen-bond acceptors (Lipinski definition) is 5. The fourth-order valence-corrected chi connectivity index (χ4v) is 2.72. The van der Waals surface area contributed by atoms with E-state index in [1.54, 1.807) is 6.92 Å². The third-order valence-corrected chi connectivity index (χ3v) is 4.37. The number of allylic oxidation sites excluding steroid dienone is 1. The lowest BCUT2D eigenvalue weighted by molar-refractivity contribution is -0.143. The minimum absolute atomic E-state index is 0.0653. The van der Waals surface area contributed by atoms with Crippen molar-refractivity contribution in [2.24, 2.45) is 0 Å². The highest BCUT2D eigenvalue weighted by atomic mass is 32.2. The Balaban J connectivity index is 2.57. The lowest BCUT2D eigenvalue weighted by Gasteiger charge is -2.13. The smallest absolute Gasteiger partial charge is 0.408 e. The Hall–Kier alpha value is -2.62. The van der Waals surface area contributed by atoms with Gasteiger partial charge in [0.1, 0.15) is 6.54 Å². The van der Waals surface area contributed by atoms with Crippen LogP contribution in [0.2, 0.25) is 0 Å². The topological polar surface area (TPSA) is 78.3 Å². The first kappa shape index (κ1) is 19.7. The molecule has 2 aromatic rings. The van der Waals surface area contributed by atoms with Crippen LogP contribution in [0.5, 0.6) is 5.75 Å². The van der Waals surface area contributed by atoms with Crippen LogP contribution in [0.1, 0.15) is 6.92 Å². The highest BCUT2D eigenvalue weighted by Gasteiger charge is 2.30. The third-order valence-electron chi connectivity index (χ3n) is 3.24. The molecule has 26 heavy (non-hydrogen) atoms. The Kier molecular flexibility index (Phi) is 5.55. The quantitative estimate of drug-likeness (QED) is 0.736. The Morgan fingerprint density at radius 2 is 1.85 bits per heavy atom. The van der Waals surface area contributed by atoms with Crippen LogP contribution in [0.15, 0.2) is 52.5 Å². The molecule has 0 saturated carbocycles. The summed E-state index contributed by atoms with van der Waals surface area (Å²) in [5.41, 5.74) is -0.530. The first-order chi connectivity index (χ1) is 12.0. The lowest BCUT2D eigenvalue weighted by atomic mass is 10.1. The van der Waals surface area contributed by atoms with Gasteiger partial charge in [-0.2, -0.15) is 18.3 Å². The first-order valence-corrected chi connectivity index (χ1v) is 9.17. The lowest BCUT2D eigenvalue weighted by Crippen LogP contribution is -2.30. The van der Waals surface area contributed by atoms with Crippen LogP contribution in [-0.4, -0.2) is 30.6 Å². The van der Waals surface area contributed by atoms with Crippen molar-refractivity contribution in [2.45, 2.75) is 24.5 Å². The molecule has 0 saturated heterocycles. The van der Waals surface area contributed by atoms with Crippen molar-refractivity contribution in [2.75, 3.05) is 6.26 Å². The monoisotopic (exact) mass is 388 g/mol. The largest absolute Gasteiger partial charge is 0.459 e. The van der Waals surface area contributed by atoms with Gasteiger partial charge in [0.15, 0.2) is 9.84 Å². The molecule has 1 heterocycles. The normalized spacial score (nSPS) is 12.5. The second-order valence-corrected chi connectivity index (χ2v) is 7.36. The van der Waals surface area contributed by atoms with Gasteiger partial charge < -0.3 is 4.74 Å². The minimum Gasteiger partial charge on any atom is -0.459 e. The molecule has 140 valence electrons. The molecule has 0 amide bonds. The van der Waals surface area contributed by atoms with Gasteiger partial charge in [-0.1, -0.05) is 18.2 Å². The van der Waals surface area contributed by atoms with Gasteiger partial charge in [-0.05, 0) is 24.6 Å². The molecule has 0 aliphatic carbocycles. The first-order valence-electron chi connectivity index (χ1n) is 7.28. The van der Waals surface area contributed by atoms with E-state index in [-0.39, 0.29) is 20.9 Å². The molecule has 0 N–H and O–H groups in total. The predicted octanol–water partition coefficient (Wildman–Crippen LogP) is 2.79. The fourth-order valence-electron chi connectivity index (χ4n) is 2.09. The summed E-state index contributed by atoms with van der Waals surface area (Å²) in [6.07, 6.45) is 0.116. The summed E-state index contributed by atoms with van der Waals surface area (Å²) in [7, 11) is -3.41. The zero-order valence-electron chi connectivity index (χ0n) is 13.8. The average Bonchev–Trinajstić information content (AvgIpc) is 2.53. The molecule has 0 fully saturated rings.